The van der Waals surface area contributed by atoms with Gasteiger partial charge >= 0.3 is 0 Å². The van der Waals surface area contributed by atoms with Crippen molar-refractivity contribution in [2.75, 3.05) is 13.7 Å². The van der Waals surface area contributed by atoms with E-state index in [1.807, 2.05) is 47.0 Å². The standard InChI is InChI=1S/C23H18N4O3/c1-28-22-5-3-2-4-18(22)19-8-7-16(12-25-19)29-14-17-13-27-21-9-6-15(11-24)10-20(21)26-23(27)30-17/h2-10,12,17H,13-14H2,1H3/t17-/m0/s1. The van der Waals surface area contributed by atoms with E-state index in [0.29, 0.717) is 30.5 Å². The Kier molecular flexibility index (Phi) is 4.45. The summed E-state index contributed by atoms with van der Waals surface area (Å²) in [7, 11) is 1.65. The normalized spacial score (nSPS) is 14.7. The molecule has 30 heavy (non-hydrogen) atoms. The second kappa shape index (κ2) is 7.41. The van der Waals surface area contributed by atoms with Crippen LogP contribution in [0.4, 0.5) is 0 Å². The van der Waals surface area contributed by atoms with Gasteiger partial charge in [-0.3, -0.25) is 9.55 Å². The van der Waals surface area contributed by atoms with Crippen LogP contribution in [0.5, 0.6) is 17.5 Å². The van der Waals surface area contributed by atoms with Crippen LogP contribution in [0.3, 0.4) is 0 Å². The van der Waals surface area contributed by atoms with Crippen molar-refractivity contribution in [2.24, 2.45) is 0 Å². The number of hydrogen-bond donors (Lipinski definition) is 0. The molecule has 0 fully saturated rings. The molecule has 3 heterocycles. The minimum absolute atomic E-state index is 0.138. The third-order valence-corrected chi connectivity index (χ3v) is 5.06. The van der Waals surface area contributed by atoms with Gasteiger partial charge in [-0.1, -0.05) is 12.1 Å². The number of rotatable bonds is 5. The predicted octanol–water partition coefficient (Wildman–Crippen LogP) is 3.82. The second-order valence-electron chi connectivity index (χ2n) is 6.95. The Morgan fingerprint density at radius 3 is 2.90 bits per heavy atom. The molecule has 7 nitrogen and oxygen atoms in total. The van der Waals surface area contributed by atoms with E-state index in [1.54, 1.807) is 25.4 Å². The van der Waals surface area contributed by atoms with E-state index in [-0.39, 0.29) is 6.10 Å². The third-order valence-electron chi connectivity index (χ3n) is 5.06. The van der Waals surface area contributed by atoms with E-state index in [1.165, 1.54) is 0 Å². The molecule has 0 N–H and O–H groups in total. The molecule has 1 atom stereocenters. The number of nitriles is 1. The molecule has 0 aliphatic carbocycles. The fourth-order valence-corrected chi connectivity index (χ4v) is 3.59. The van der Waals surface area contributed by atoms with E-state index in [9.17, 15) is 0 Å². The molecule has 2 aromatic carbocycles. The first kappa shape index (κ1) is 18.0. The van der Waals surface area contributed by atoms with Gasteiger partial charge in [0.05, 0.1) is 48.2 Å². The van der Waals surface area contributed by atoms with Gasteiger partial charge in [-0.25, -0.2) is 0 Å². The molecule has 0 spiro atoms. The number of ether oxygens (including phenoxy) is 3. The number of methoxy groups -OCH3 is 1. The number of para-hydroxylation sites is 1. The summed E-state index contributed by atoms with van der Waals surface area (Å²) in [5.74, 6) is 1.45. The van der Waals surface area contributed by atoms with Gasteiger partial charge in [0.1, 0.15) is 18.1 Å². The Morgan fingerprint density at radius 1 is 1.20 bits per heavy atom. The van der Waals surface area contributed by atoms with Gasteiger partial charge < -0.3 is 14.2 Å². The lowest BCUT2D eigenvalue weighted by molar-refractivity contribution is 0.143. The van der Waals surface area contributed by atoms with E-state index < -0.39 is 0 Å². The van der Waals surface area contributed by atoms with Crippen LogP contribution in [0, 0.1) is 11.3 Å². The van der Waals surface area contributed by atoms with Gasteiger partial charge in [0.25, 0.3) is 6.01 Å². The average Bonchev–Trinajstić information content (AvgIpc) is 3.34. The fourth-order valence-electron chi connectivity index (χ4n) is 3.59. The maximum absolute atomic E-state index is 9.03. The quantitative estimate of drug-likeness (QED) is 0.508. The van der Waals surface area contributed by atoms with E-state index in [0.717, 1.165) is 28.0 Å². The molecule has 4 aromatic rings. The lowest BCUT2D eigenvalue weighted by Gasteiger charge is -2.12. The maximum Gasteiger partial charge on any atom is 0.297 e. The van der Waals surface area contributed by atoms with E-state index in [4.69, 9.17) is 19.5 Å². The molecule has 5 rings (SSSR count). The Labute approximate surface area is 173 Å². The highest BCUT2D eigenvalue weighted by Gasteiger charge is 2.27. The zero-order chi connectivity index (χ0) is 20.5. The molecule has 0 saturated heterocycles. The Bertz CT molecular complexity index is 1260. The highest BCUT2D eigenvalue weighted by atomic mass is 16.6. The highest BCUT2D eigenvalue weighted by Crippen LogP contribution is 2.30. The van der Waals surface area contributed by atoms with Crippen LogP contribution in [0.2, 0.25) is 0 Å². The number of benzene rings is 2. The summed E-state index contributed by atoms with van der Waals surface area (Å²) in [6.07, 6.45) is 1.56. The van der Waals surface area contributed by atoms with Crippen LogP contribution in [-0.2, 0) is 6.54 Å². The van der Waals surface area contributed by atoms with Gasteiger partial charge in [-0.15, -0.1) is 0 Å². The van der Waals surface area contributed by atoms with E-state index in [2.05, 4.69) is 16.0 Å². The van der Waals surface area contributed by atoms with Crippen molar-refractivity contribution in [3.05, 3.63) is 66.4 Å². The molecule has 148 valence electrons. The summed E-state index contributed by atoms with van der Waals surface area (Å²) >= 11 is 0. The SMILES string of the molecule is COc1ccccc1-c1ccc(OC[C@@H]2Cn3c(nc4cc(C#N)ccc43)O2)cn1. The van der Waals surface area contributed by atoms with Gasteiger partial charge in [-0.05, 0) is 42.5 Å². The zero-order valence-corrected chi connectivity index (χ0v) is 16.3. The van der Waals surface area contributed by atoms with Crippen molar-refractivity contribution in [3.8, 4) is 34.8 Å². The molecule has 2 aromatic heterocycles. The number of aromatic nitrogens is 3. The molecule has 0 bridgehead atoms. The van der Waals surface area contributed by atoms with Crippen LogP contribution in [0.15, 0.2) is 60.8 Å². The van der Waals surface area contributed by atoms with Crippen molar-refractivity contribution < 1.29 is 14.2 Å². The monoisotopic (exact) mass is 398 g/mol. The lowest BCUT2D eigenvalue weighted by atomic mass is 10.1. The molecule has 0 radical (unpaired) electrons. The van der Waals surface area contributed by atoms with Crippen LogP contribution in [0.25, 0.3) is 22.3 Å². The Morgan fingerprint density at radius 2 is 2.10 bits per heavy atom. The zero-order valence-electron chi connectivity index (χ0n) is 16.3. The summed E-state index contributed by atoms with van der Waals surface area (Å²) in [4.78, 5) is 8.98. The smallest absolute Gasteiger partial charge is 0.297 e. The molecule has 7 heteroatoms. The maximum atomic E-state index is 9.03. The summed E-state index contributed by atoms with van der Waals surface area (Å²) in [5.41, 5.74) is 4.06. The number of pyridine rings is 1. The predicted molar refractivity (Wildman–Crippen MR) is 111 cm³/mol. The first-order valence-electron chi connectivity index (χ1n) is 9.54. The minimum Gasteiger partial charge on any atom is -0.496 e. The highest BCUT2D eigenvalue weighted by molar-refractivity contribution is 5.78. The minimum atomic E-state index is -0.138. The van der Waals surface area contributed by atoms with Crippen molar-refractivity contribution in [3.63, 3.8) is 0 Å². The Hall–Kier alpha value is -4.05. The summed E-state index contributed by atoms with van der Waals surface area (Å²) in [6, 6.07) is 19.7. The van der Waals surface area contributed by atoms with E-state index >= 15 is 0 Å². The number of fused-ring (bicyclic) bond motifs is 3. The molecule has 1 aliphatic heterocycles. The summed E-state index contributed by atoms with van der Waals surface area (Å²) in [5, 5.41) is 9.03. The number of nitrogens with zero attached hydrogens (tertiary/aromatic N) is 4. The van der Waals surface area contributed by atoms with Crippen LogP contribution < -0.4 is 14.2 Å². The van der Waals surface area contributed by atoms with Crippen LogP contribution >= 0.6 is 0 Å². The second-order valence-corrected chi connectivity index (χ2v) is 6.95. The van der Waals surface area contributed by atoms with Gasteiger partial charge in [0.15, 0.2) is 6.10 Å². The lowest BCUT2D eigenvalue weighted by Crippen LogP contribution is -2.23. The molecular weight excluding hydrogens is 380 g/mol. The van der Waals surface area contributed by atoms with Gasteiger partial charge in [0.2, 0.25) is 0 Å². The number of imidazole rings is 1. The van der Waals surface area contributed by atoms with Crippen LogP contribution in [-0.4, -0.2) is 34.4 Å². The fraction of sp³-hybridized carbons (Fsp3) is 0.174. The molecule has 0 saturated carbocycles. The van der Waals surface area contributed by atoms with Crippen molar-refractivity contribution in [2.45, 2.75) is 12.6 Å². The van der Waals surface area contributed by atoms with Gasteiger partial charge in [0, 0.05) is 5.56 Å². The van der Waals surface area contributed by atoms with Crippen molar-refractivity contribution in [1.29, 1.82) is 5.26 Å². The summed E-state index contributed by atoms with van der Waals surface area (Å²) in [6.45, 7) is 1.03. The number of hydrogen-bond acceptors (Lipinski definition) is 6. The first-order chi connectivity index (χ1) is 14.7. The van der Waals surface area contributed by atoms with Crippen molar-refractivity contribution in [1.82, 2.24) is 14.5 Å². The largest absolute Gasteiger partial charge is 0.496 e. The van der Waals surface area contributed by atoms with Crippen LogP contribution in [0.1, 0.15) is 5.56 Å². The van der Waals surface area contributed by atoms with Gasteiger partial charge in [-0.2, -0.15) is 10.2 Å². The molecular formula is C23H18N4O3. The first-order valence-corrected chi connectivity index (χ1v) is 9.54. The molecule has 1 aliphatic rings. The van der Waals surface area contributed by atoms with Crippen molar-refractivity contribution >= 4 is 11.0 Å². The molecule has 0 unspecified atom stereocenters. The summed E-state index contributed by atoms with van der Waals surface area (Å²) < 4.78 is 19.2. The third kappa shape index (κ3) is 3.18. The topological polar surface area (TPSA) is 82.2 Å². The Balaban J connectivity index is 1.25. The average molecular weight is 398 g/mol. The molecule has 0 amide bonds.